The molecule has 3 nitrogen and oxygen atoms in total. The molecule has 96 valence electrons. The van der Waals surface area contributed by atoms with Gasteiger partial charge < -0.3 is 10.1 Å². The second-order valence-corrected chi connectivity index (χ2v) is 4.24. The molecule has 0 fully saturated rings. The Labute approximate surface area is 105 Å². The average molecular weight is 274 g/mol. The summed E-state index contributed by atoms with van der Waals surface area (Å²) in [5.41, 5.74) is 0.421. The van der Waals surface area contributed by atoms with Crippen molar-refractivity contribution < 1.29 is 17.9 Å². The number of para-hydroxylation sites is 1. The van der Waals surface area contributed by atoms with E-state index in [4.69, 9.17) is 0 Å². The van der Waals surface area contributed by atoms with Crippen molar-refractivity contribution in [3.63, 3.8) is 0 Å². The molecule has 0 amide bonds. The first-order valence-electron chi connectivity index (χ1n) is 5.01. The van der Waals surface area contributed by atoms with Crippen LogP contribution in [-0.2, 0) is 6.54 Å². The van der Waals surface area contributed by atoms with E-state index < -0.39 is 6.36 Å². The van der Waals surface area contributed by atoms with Gasteiger partial charge in [0.1, 0.15) is 5.75 Å². The Balaban J connectivity index is 2.07. The van der Waals surface area contributed by atoms with Gasteiger partial charge in [-0.3, -0.25) is 0 Å². The Kier molecular flexibility index (Phi) is 3.71. The van der Waals surface area contributed by atoms with E-state index in [-0.39, 0.29) is 12.3 Å². The van der Waals surface area contributed by atoms with Crippen LogP contribution in [0.5, 0.6) is 5.75 Å². The molecule has 1 N–H and O–H groups in total. The van der Waals surface area contributed by atoms with Crippen LogP contribution >= 0.6 is 11.3 Å². The molecule has 1 aromatic heterocycles. The van der Waals surface area contributed by atoms with Crippen LogP contribution in [0.3, 0.4) is 0 Å². The lowest BCUT2D eigenvalue weighted by Crippen LogP contribution is -2.18. The molecule has 0 unspecified atom stereocenters. The highest BCUT2D eigenvalue weighted by Gasteiger charge is 2.31. The van der Waals surface area contributed by atoms with Crippen LogP contribution in [0.4, 0.5) is 18.3 Å². The van der Waals surface area contributed by atoms with Crippen molar-refractivity contribution in [2.75, 3.05) is 5.32 Å². The largest absolute Gasteiger partial charge is 0.573 e. The van der Waals surface area contributed by atoms with Crippen molar-refractivity contribution >= 4 is 16.5 Å². The van der Waals surface area contributed by atoms with Gasteiger partial charge in [-0.25, -0.2) is 4.98 Å². The highest BCUT2D eigenvalue weighted by molar-refractivity contribution is 7.13. The molecule has 0 atom stereocenters. The highest BCUT2D eigenvalue weighted by Crippen LogP contribution is 2.26. The maximum Gasteiger partial charge on any atom is 0.573 e. The first-order chi connectivity index (χ1) is 8.54. The molecule has 0 aliphatic heterocycles. The quantitative estimate of drug-likeness (QED) is 0.924. The molecule has 18 heavy (non-hydrogen) atoms. The Morgan fingerprint density at radius 3 is 2.72 bits per heavy atom. The number of nitrogens with zero attached hydrogens (tertiary/aromatic N) is 1. The molecular formula is C11H9F3N2OS. The predicted octanol–water partition coefficient (Wildman–Crippen LogP) is 3.65. The summed E-state index contributed by atoms with van der Waals surface area (Å²) in [7, 11) is 0. The molecule has 0 radical (unpaired) electrons. The molecule has 0 bridgehead atoms. The predicted molar refractivity (Wildman–Crippen MR) is 62.6 cm³/mol. The fourth-order valence-electron chi connectivity index (χ4n) is 1.36. The van der Waals surface area contributed by atoms with Gasteiger partial charge in [0.25, 0.3) is 0 Å². The van der Waals surface area contributed by atoms with Crippen molar-refractivity contribution in [1.29, 1.82) is 0 Å². The number of anilines is 1. The van der Waals surface area contributed by atoms with Gasteiger partial charge >= 0.3 is 6.36 Å². The van der Waals surface area contributed by atoms with Crippen molar-refractivity contribution in [3.05, 3.63) is 41.4 Å². The molecule has 7 heteroatoms. The third-order valence-electron chi connectivity index (χ3n) is 2.06. The lowest BCUT2D eigenvalue weighted by atomic mass is 10.2. The average Bonchev–Trinajstić information content (AvgIpc) is 2.79. The minimum absolute atomic E-state index is 0.200. The van der Waals surface area contributed by atoms with Crippen molar-refractivity contribution in [2.45, 2.75) is 12.9 Å². The lowest BCUT2D eigenvalue weighted by Gasteiger charge is -2.13. The minimum atomic E-state index is -4.68. The lowest BCUT2D eigenvalue weighted by molar-refractivity contribution is -0.274. The topological polar surface area (TPSA) is 34.1 Å². The van der Waals surface area contributed by atoms with Gasteiger partial charge in [-0.1, -0.05) is 18.2 Å². The molecule has 0 saturated heterocycles. The Bertz CT molecular complexity index is 499. The van der Waals surface area contributed by atoms with Gasteiger partial charge in [0.15, 0.2) is 5.13 Å². The fraction of sp³-hybridized carbons (Fsp3) is 0.182. The Morgan fingerprint density at radius 2 is 2.06 bits per heavy atom. The third-order valence-corrected chi connectivity index (χ3v) is 2.79. The first kappa shape index (κ1) is 12.7. The summed E-state index contributed by atoms with van der Waals surface area (Å²) >= 11 is 1.38. The molecule has 2 rings (SSSR count). The monoisotopic (exact) mass is 274 g/mol. The van der Waals surface area contributed by atoms with Crippen LogP contribution in [0.2, 0.25) is 0 Å². The SMILES string of the molecule is FC(F)(F)Oc1ccccc1CNc1nccs1. The van der Waals surface area contributed by atoms with Crippen molar-refractivity contribution in [2.24, 2.45) is 0 Å². The fourth-order valence-corrected chi connectivity index (χ4v) is 1.88. The molecule has 1 aromatic carbocycles. The summed E-state index contributed by atoms with van der Waals surface area (Å²) in [4.78, 5) is 3.98. The Morgan fingerprint density at radius 1 is 1.28 bits per heavy atom. The zero-order chi connectivity index (χ0) is 13.0. The smallest absolute Gasteiger partial charge is 0.405 e. The zero-order valence-electron chi connectivity index (χ0n) is 9.07. The molecule has 0 aliphatic rings. The summed E-state index contributed by atoms with van der Waals surface area (Å²) in [5, 5.41) is 5.36. The number of hydrogen-bond donors (Lipinski definition) is 1. The molecule has 1 heterocycles. The zero-order valence-corrected chi connectivity index (χ0v) is 9.89. The summed E-state index contributed by atoms with van der Waals surface area (Å²) in [6.45, 7) is 0.222. The van der Waals surface area contributed by atoms with Crippen LogP contribution in [0.15, 0.2) is 35.8 Å². The van der Waals surface area contributed by atoms with E-state index in [2.05, 4.69) is 15.0 Å². The summed E-state index contributed by atoms with van der Waals surface area (Å²) in [6.07, 6.45) is -3.07. The van der Waals surface area contributed by atoms with Gasteiger partial charge in [0.2, 0.25) is 0 Å². The highest BCUT2D eigenvalue weighted by atomic mass is 32.1. The van der Waals surface area contributed by atoms with E-state index >= 15 is 0 Å². The number of nitrogens with one attached hydrogen (secondary N) is 1. The number of ether oxygens (including phenoxy) is 1. The second kappa shape index (κ2) is 5.26. The van der Waals surface area contributed by atoms with Gasteiger partial charge in [0, 0.05) is 23.7 Å². The van der Waals surface area contributed by atoms with E-state index in [0.717, 1.165) is 0 Å². The molecule has 2 aromatic rings. The number of hydrogen-bond acceptors (Lipinski definition) is 4. The van der Waals surface area contributed by atoms with E-state index in [1.54, 1.807) is 23.7 Å². The summed E-state index contributed by atoms with van der Waals surface area (Å²) in [6, 6.07) is 6.00. The van der Waals surface area contributed by atoms with Crippen molar-refractivity contribution in [3.8, 4) is 5.75 Å². The van der Waals surface area contributed by atoms with Crippen LogP contribution in [0.1, 0.15) is 5.56 Å². The van der Waals surface area contributed by atoms with Gasteiger partial charge in [0.05, 0.1) is 0 Å². The number of aromatic nitrogens is 1. The number of thiazole rings is 1. The number of rotatable bonds is 4. The van der Waals surface area contributed by atoms with Crippen molar-refractivity contribution in [1.82, 2.24) is 4.98 Å². The van der Waals surface area contributed by atoms with Gasteiger partial charge in [-0.05, 0) is 6.07 Å². The molecular weight excluding hydrogens is 265 g/mol. The van der Waals surface area contributed by atoms with Crippen LogP contribution in [0.25, 0.3) is 0 Å². The molecule has 0 spiro atoms. The maximum absolute atomic E-state index is 12.2. The van der Waals surface area contributed by atoms with E-state index in [1.165, 1.54) is 23.5 Å². The second-order valence-electron chi connectivity index (χ2n) is 3.35. The van der Waals surface area contributed by atoms with Crippen LogP contribution < -0.4 is 10.1 Å². The summed E-state index contributed by atoms with van der Waals surface area (Å²) in [5.74, 6) is -0.200. The number of halogens is 3. The number of benzene rings is 1. The molecule has 0 aliphatic carbocycles. The summed E-state index contributed by atoms with van der Waals surface area (Å²) < 4.78 is 40.5. The van der Waals surface area contributed by atoms with E-state index in [9.17, 15) is 13.2 Å². The van der Waals surface area contributed by atoms with Gasteiger partial charge in [-0.15, -0.1) is 24.5 Å². The standard InChI is InChI=1S/C11H9F3N2OS/c12-11(13,14)17-9-4-2-1-3-8(9)7-16-10-15-5-6-18-10/h1-6H,7H2,(H,15,16). The minimum Gasteiger partial charge on any atom is -0.405 e. The first-order valence-corrected chi connectivity index (χ1v) is 5.89. The van der Waals surface area contributed by atoms with Gasteiger partial charge in [-0.2, -0.15) is 0 Å². The van der Waals surface area contributed by atoms with Crippen LogP contribution in [-0.4, -0.2) is 11.3 Å². The third kappa shape index (κ3) is 3.63. The maximum atomic E-state index is 12.2. The normalized spacial score (nSPS) is 11.3. The molecule has 0 saturated carbocycles. The van der Waals surface area contributed by atoms with E-state index in [0.29, 0.717) is 10.7 Å². The Hall–Kier alpha value is -1.76. The van der Waals surface area contributed by atoms with E-state index in [1.807, 2.05) is 0 Å². The van der Waals surface area contributed by atoms with Crippen LogP contribution in [0, 0.1) is 0 Å². The number of alkyl halides is 3.